The third-order valence-corrected chi connectivity index (χ3v) is 1.38. The van der Waals surface area contributed by atoms with Crippen molar-refractivity contribution in [3.8, 4) is 0 Å². The maximum absolute atomic E-state index is 11.3. The Morgan fingerprint density at radius 1 is 1.62 bits per heavy atom. The van der Waals surface area contributed by atoms with Gasteiger partial charge in [0, 0.05) is 0 Å². The SMILES string of the molecule is Cc1cc(C(=O)NOC(C)C)co1. The zero-order chi connectivity index (χ0) is 9.84. The molecular weight excluding hydrogens is 170 g/mol. The van der Waals surface area contributed by atoms with Gasteiger partial charge in [0.05, 0.1) is 11.7 Å². The number of nitrogens with one attached hydrogen (secondary N) is 1. The van der Waals surface area contributed by atoms with Gasteiger partial charge >= 0.3 is 0 Å². The van der Waals surface area contributed by atoms with Crippen LogP contribution in [-0.4, -0.2) is 12.0 Å². The van der Waals surface area contributed by atoms with E-state index in [1.165, 1.54) is 6.26 Å². The minimum atomic E-state index is -0.287. The molecule has 1 rings (SSSR count). The predicted octanol–water partition coefficient (Wildman–Crippen LogP) is 1.66. The lowest BCUT2D eigenvalue weighted by atomic mass is 10.3. The lowest BCUT2D eigenvalue weighted by Crippen LogP contribution is -2.26. The fraction of sp³-hybridized carbons (Fsp3) is 0.444. The van der Waals surface area contributed by atoms with Crippen LogP contribution in [0, 0.1) is 6.92 Å². The van der Waals surface area contributed by atoms with Crippen molar-refractivity contribution in [1.82, 2.24) is 5.48 Å². The summed E-state index contributed by atoms with van der Waals surface area (Å²) >= 11 is 0. The Kier molecular flexibility index (Phi) is 3.08. The molecule has 0 bridgehead atoms. The van der Waals surface area contributed by atoms with Crippen LogP contribution in [0.4, 0.5) is 0 Å². The molecule has 0 aliphatic heterocycles. The molecule has 1 aromatic rings. The van der Waals surface area contributed by atoms with Crippen molar-refractivity contribution in [3.05, 3.63) is 23.7 Å². The molecule has 0 aromatic carbocycles. The van der Waals surface area contributed by atoms with E-state index < -0.39 is 0 Å². The van der Waals surface area contributed by atoms with E-state index in [2.05, 4.69) is 5.48 Å². The summed E-state index contributed by atoms with van der Waals surface area (Å²) in [7, 11) is 0. The van der Waals surface area contributed by atoms with Crippen molar-refractivity contribution in [2.45, 2.75) is 26.9 Å². The second kappa shape index (κ2) is 4.09. The smallest absolute Gasteiger partial charge is 0.278 e. The van der Waals surface area contributed by atoms with E-state index in [1.807, 2.05) is 13.8 Å². The number of hydrogen-bond acceptors (Lipinski definition) is 3. The van der Waals surface area contributed by atoms with E-state index in [0.29, 0.717) is 11.3 Å². The van der Waals surface area contributed by atoms with E-state index in [1.54, 1.807) is 13.0 Å². The van der Waals surface area contributed by atoms with Gasteiger partial charge in [-0.2, -0.15) is 0 Å². The van der Waals surface area contributed by atoms with Gasteiger partial charge in [0.2, 0.25) is 0 Å². The van der Waals surface area contributed by atoms with Crippen molar-refractivity contribution in [3.63, 3.8) is 0 Å². The van der Waals surface area contributed by atoms with Crippen LogP contribution >= 0.6 is 0 Å². The van der Waals surface area contributed by atoms with E-state index in [0.717, 1.165) is 0 Å². The molecule has 1 N–H and O–H groups in total. The summed E-state index contributed by atoms with van der Waals surface area (Å²) in [5.74, 6) is 0.417. The summed E-state index contributed by atoms with van der Waals surface area (Å²) < 4.78 is 4.98. The predicted molar refractivity (Wildman–Crippen MR) is 47.1 cm³/mol. The molecule has 4 nitrogen and oxygen atoms in total. The summed E-state index contributed by atoms with van der Waals surface area (Å²) in [6, 6.07) is 1.65. The third kappa shape index (κ3) is 2.91. The first-order valence-corrected chi connectivity index (χ1v) is 4.10. The van der Waals surface area contributed by atoms with Crippen molar-refractivity contribution in [2.75, 3.05) is 0 Å². The van der Waals surface area contributed by atoms with Crippen LogP contribution in [0.2, 0.25) is 0 Å². The number of carbonyl (C=O) groups is 1. The van der Waals surface area contributed by atoms with Crippen LogP contribution in [0.15, 0.2) is 16.7 Å². The van der Waals surface area contributed by atoms with E-state index in [4.69, 9.17) is 9.25 Å². The molecule has 0 spiro atoms. The average molecular weight is 183 g/mol. The minimum absolute atomic E-state index is 0.0306. The van der Waals surface area contributed by atoms with Gasteiger partial charge < -0.3 is 4.42 Å². The molecule has 0 atom stereocenters. The molecule has 0 unspecified atom stereocenters. The van der Waals surface area contributed by atoms with Crippen molar-refractivity contribution in [1.29, 1.82) is 0 Å². The molecular formula is C9H13NO3. The van der Waals surface area contributed by atoms with Gasteiger partial charge in [-0.15, -0.1) is 0 Å². The Labute approximate surface area is 76.8 Å². The van der Waals surface area contributed by atoms with Gasteiger partial charge in [-0.05, 0) is 26.8 Å². The first-order chi connectivity index (χ1) is 6.09. The first kappa shape index (κ1) is 9.80. The number of hydrogen-bond donors (Lipinski definition) is 1. The Hall–Kier alpha value is -1.29. The maximum atomic E-state index is 11.3. The molecule has 0 saturated heterocycles. The van der Waals surface area contributed by atoms with Crippen LogP contribution in [0.1, 0.15) is 30.0 Å². The number of furan rings is 1. The van der Waals surface area contributed by atoms with Crippen molar-refractivity contribution < 1.29 is 14.0 Å². The topological polar surface area (TPSA) is 51.5 Å². The van der Waals surface area contributed by atoms with E-state index in [9.17, 15) is 4.79 Å². The van der Waals surface area contributed by atoms with Gasteiger partial charge in [-0.25, -0.2) is 5.48 Å². The summed E-state index contributed by atoms with van der Waals surface area (Å²) in [5.41, 5.74) is 2.78. The zero-order valence-electron chi connectivity index (χ0n) is 7.96. The second-order valence-electron chi connectivity index (χ2n) is 3.04. The minimum Gasteiger partial charge on any atom is -0.469 e. The van der Waals surface area contributed by atoms with Crippen LogP contribution in [-0.2, 0) is 4.84 Å². The molecule has 13 heavy (non-hydrogen) atoms. The maximum Gasteiger partial charge on any atom is 0.278 e. The first-order valence-electron chi connectivity index (χ1n) is 4.10. The summed E-state index contributed by atoms with van der Waals surface area (Å²) in [5, 5.41) is 0. The van der Waals surface area contributed by atoms with Crippen molar-refractivity contribution >= 4 is 5.91 Å². The summed E-state index contributed by atoms with van der Waals surface area (Å²) in [4.78, 5) is 16.2. The Morgan fingerprint density at radius 3 is 2.77 bits per heavy atom. The fourth-order valence-electron chi connectivity index (χ4n) is 0.793. The molecule has 4 heteroatoms. The van der Waals surface area contributed by atoms with Crippen LogP contribution in [0.25, 0.3) is 0 Å². The van der Waals surface area contributed by atoms with Gasteiger partial charge in [-0.3, -0.25) is 9.63 Å². The van der Waals surface area contributed by atoms with Gasteiger partial charge in [-0.1, -0.05) is 0 Å². The molecule has 0 aliphatic carbocycles. The normalized spacial score (nSPS) is 10.5. The van der Waals surface area contributed by atoms with Crippen LogP contribution in [0.3, 0.4) is 0 Å². The molecule has 0 radical (unpaired) electrons. The zero-order valence-corrected chi connectivity index (χ0v) is 7.96. The van der Waals surface area contributed by atoms with E-state index >= 15 is 0 Å². The molecule has 72 valence electrons. The van der Waals surface area contributed by atoms with Gasteiger partial charge in [0.1, 0.15) is 12.0 Å². The number of amides is 1. The highest BCUT2D eigenvalue weighted by Crippen LogP contribution is 2.05. The molecule has 0 aliphatic rings. The molecule has 1 heterocycles. The third-order valence-electron chi connectivity index (χ3n) is 1.38. The number of hydroxylamine groups is 1. The van der Waals surface area contributed by atoms with Crippen LogP contribution < -0.4 is 5.48 Å². The standard InChI is InChI=1S/C9H13NO3/c1-6(2)13-10-9(11)8-4-7(3)12-5-8/h4-6H,1-3H3,(H,10,11). The molecule has 0 fully saturated rings. The fourth-order valence-corrected chi connectivity index (χ4v) is 0.793. The highest BCUT2D eigenvalue weighted by atomic mass is 16.7. The average Bonchev–Trinajstić information content (AvgIpc) is 2.47. The highest BCUT2D eigenvalue weighted by molar-refractivity contribution is 5.93. The number of carbonyl (C=O) groups excluding carboxylic acids is 1. The molecule has 1 aromatic heterocycles. The quantitative estimate of drug-likeness (QED) is 0.725. The van der Waals surface area contributed by atoms with Crippen molar-refractivity contribution in [2.24, 2.45) is 0 Å². The second-order valence-corrected chi connectivity index (χ2v) is 3.04. The summed E-state index contributed by atoms with van der Waals surface area (Å²) in [6.07, 6.45) is 1.37. The lowest BCUT2D eigenvalue weighted by molar-refractivity contribution is 0.000150. The Bertz CT molecular complexity index is 291. The number of aryl methyl sites for hydroxylation is 1. The van der Waals surface area contributed by atoms with Gasteiger partial charge in [0.15, 0.2) is 0 Å². The Morgan fingerprint density at radius 2 is 2.31 bits per heavy atom. The van der Waals surface area contributed by atoms with Gasteiger partial charge in [0.25, 0.3) is 5.91 Å². The Balaban J connectivity index is 2.49. The largest absolute Gasteiger partial charge is 0.469 e. The van der Waals surface area contributed by atoms with Crippen LogP contribution in [0.5, 0.6) is 0 Å². The highest BCUT2D eigenvalue weighted by Gasteiger charge is 2.08. The molecule has 1 amide bonds. The molecule has 0 saturated carbocycles. The van der Waals surface area contributed by atoms with E-state index in [-0.39, 0.29) is 12.0 Å². The summed E-state index contributed by atoms with van der Waals surface area (Å²) in [6.45, 7) is 5.45. The monoisotopic (exact) mass is 183 g/mol. The number of rotatable bonds is 3. The lowest BCUT2D eigenvalue weighted by Gasteiger charge is -2.06.